The zero-order valence-electron chi connectivity index (χ0n) is 12.2. The lowest BCUT2D eigenvalue weighted by atomic mass is 9.82. The average molecular weight is 288 g/mol. The topological polar surface area (TPSA) is 64.4 Å². The molecule has 0 aliphatic heterocycles. The lowest BCUT2D eigenvalue weighted by molar-refractivity contribution is -0.146. The summed E-state index contributed by atoms with van der Waals surface area (Å²) in [6.45, 7) is 0.905. The molecule has 0 saturated heterocycles. The SMILES string of the molecule is COC(=O)C1CCC(Cn2ccc3ncc(O)cc32)CC1. The van der Waals surface area contributed by atoms with Crippen LogP contribution in [0.25, 0.3) is 11.0 Å². The molecule has 5 heteroatoms. The number of hydrogen-bond donors (Lipinski definition) is 1. The first kappa shape index (κ1) is 13.9. The third kappa shape index (κ3) is 2.86. The van der Waals surface area contributed by atoms with Crippen molar-refractivity contribution in [3.05, 3.63) is 24.5 Å². The molecule has 1 N–H and O–H groups in total. The summed E-state index contributed by atoms with van der Waals surface area (Å²) in [5.41, 5.74) is 1.86. The summed E-state index contributed by atoms with van der Waals surface area (Å²) in [5.74, 6) is 0.744. The van der Waals surface area contributed by atoms with Gasteiger partial charge in [0.2, 0.25) is 0 Å². The molecule has 112 valence electrons. The maximum absolute atomic E-state index is 11.5. The molecule has 3 rings (SSSR count). The zero-order valence-corrected chi connectivity index (χ0v) is 12.2. The van der Waals surface area contributed by atoms with Crippen LogP contribution in [0, 0.1) is 11.8 Å². The molecule has 0 aromatic carbocycles. The molecule has 0 atom stereocenters. The van der Waals surface area contributed by atoms with Crippen LogP contribution in [-0.4, -0.2) is 27.7 Å². The van der Waals surface area contributed by atoms with Crippen LogP contribution in [0.1, 0.15) is 25.7 Å². The number of hydrogen-bond acceptors (Lipinski definition) is 4. The van der Waals surface area contributed by atoms with E-state index in [4.69, 9.17) is 4.74 Å². The van der Waals surface area contributed by atoms with E-state index < -0.39 is 0 Å². The number of aromatic nitrogens is 2. The Balaban J connectivity index is 1.67. The van der Waals surface area contributed by atoms with Gasteiger partial charge in [0.15, 0.2) is 0 Å². The van der Waals surface area contributed by atoms with Gasteiger partial charge in [-0.05, 0) is 37.7 Å². The summed E-state index contributed by atoms with van der Waals surface area (Å²) in [7, 11) is 1.46. The lowest BCUT2D eigenvalue weighted by Crippen LogP contribution is -2.24. The van der Waals surface area contributed by atoms with Crippen molar-refractivity contribution >= 4 is 17.0 Å². The summed E-state index contributed by atoms with van der Waals surface area (Å²) in [4.78, 5) is 15.7. The smallest absolute Gasteiger partial charge is 0.308 e. The van der Waals surface area contributed by atoms with Crippen molar-refractivity contribution in [2.75, 3.05) is 7.11 Å². The number of fused-ring (bicyclic) bond motifs is 1. The van der Waals surface area contributed by atoms with Crippen molar-refractivity contribution in [2.24, 2.45) is 11.8 Å². The van der Waals surface area contributed by atoms with Crippen LogP contribution in [0.5, 0.6) is 5.75 Å². The number of nitrogens with zero attached hydrogens (tertiary/aromatic N) is 2. The van der Waals surface area contributed by atoms with E-state index in [0.717, 1.165) is 43.3 Å². The van der Waals surface area contributed by atoms with Gasteiger partial charge in [0.25, 0.3) is 0 Å². The van der Waals surface area contributed by atoms with Crippen molar-refractivity contribution < 1.29 is 14.6 Å². The van der Waals surface area contributed by atoms with Crippen molar-refractivity contribution in [1.29, 1.82) is 0 Å². The van der Waals surface area contributed by atoms with Crippen LogP contribution in [0.3, 0.4) is 0 Å². The van der Waals surface area contributed by atoms with E-state index in [1.165, 1.54) is 13.3 Å². The molecule has 2 heterocycles. The Morgan fingerprint density at radius 1 is 1.43 bits per heavy atom. The molecule has 0 spiro atoms. The van der Waals surface area contributed by atoms with E-state index >= 15 is 0 Å². The number of pyridine rings is 1. The molecular weight excluding hydrogens is 268 g/mol. The maximum atomic E-state index is 11.5. The molecule has 1 aliphatic carbocycles. The molecule has 1 saturated carbocycles. The first-order chi connectivity index (χ1) is 10.2. The van der Waals surface area contributed by atoms with Gasteiger partial charge in [-0.3, -0.25) is 9.78 Å². The molecule has 2 aromatic heterocycles. The predicted octanol–water partition coefficient (Wildman–Crippen LogP) is 2.72. The van der Waals surface area contributed by atoms with Crippen LogP contribution in [0.15, 0.2) is 24.5 Å². The van der Waals surface area contributed by atoms with Gasteiger partial charge in [-0.25, -0.2) is 0 Å². The first-order valence-electron chi connectivity index (χ1n) is 7.39. The quantitative estimate of drug-likeness (QED) is 0.882. The lowest BCUT2D eigenvalue weighted by Gasteiger charge is -2.27. The minimum atomic E-state index is -0.0750. The van der Waals surface area contributed by atoms with Crippen LogP contribution in [0.2, 0.25) is 0 Å². The van der Waals surface area contributed by atoms with Gasteiger partial charge in [0.1, 0.15) is 5.75 Å². The fourth-order valence-electron chi connectivity index (χ4n) is 3.24. The Labute approximate surface area is 123 Å². The Bertz CT molecular complexity index is 642. The summed E-state index contributed by atoms with van der Waals surface area (Å²) < 4.78 is 6.97. The molecule has 2 aromatic rings. The van der Waals surface area contributed by atoms with Gasteiger partial charge < -0.3 is 14.4 Å². The minimum absolute atomic E-state index is 0.0679. The van der Waals surface area contributed by atoms with Crippen LogP contribution >= 0.6 is 0 Å². The third-order valence-electron chi connectivity index (χ3n) is 4.44. The second kappa shape index (κ2) is 5.76. The van der Waals surface area contributed by atoms with Gasteiger partial charge in [0.05, 0.1) is 30.3 Å². The van der Waals surface area contributed by atoms with Crippen LogP contribution in [-0.2, 0) is 16.1 Å². The fraction of sp³-hybridized carbons (Fsp3) is 0.500. The molecule has 0 bridgehead atoms. The average Bonchev–Trinajstić information content (AvgIpc) is 2.89. The van der Waals surface area contributed by atoms with Crippen molar-refractivity contribution in [2.45, 2.75) is 32.2 Å². The summed E-state index contributed by atoms with van der Waals surface area (Å²) in [5, 5.41) is 9.57. The van der Waals surface area contributed by atoms with E-state index in [0.29, 0.717) is 5.92 Å². The molecular formula is C16H20N2O3. The summed E-state index contributed by atoms with van der Waals surface area (Å²) in [6.07, 6.45) is 7.36. The molecule has 1 fully saturated rings. The van der Waals surface area contributed by atoms with Gasteiger partial charge in [0, 0.05) is 18.8 Å². The van der Waals surface area contributed by atoms with Gasteiger partial charge in [-0.15, -0.1) is 0 Å². The van der Waals surface area contributed by atoms with E-state index in [1.807, 2.05) is 12.3 Å². The second-order valence-corrected chi connectivity index (χ2v) is 5.81. The molecule has 5 nitrogen and oxygen atoms in total. The fourth-order valence-corrected chi connectivity index (χ4v) is 3.24. The molecule has 0 radical (unpaired) electrons. The standard InChI is InChI=1S/C16H20N2O3/c1-21-16(20)12-4-2-11(3-5-12)10-18-7-6-14-15(18)8-13(19)9-17-14/h6-9,11-12,19H,2-5,10H2,1H3. The predicted molar refractivity (Wildman–Crippen MR) is 78.9 cm³/mol. The highest BCUT2D eigenvalue weighted by molar-refractivity contribution is 5.76. The van der Waals surface area contributed by atoms with Crippen LogP contribution < -0.4 is 0 Å². The maximum Gasteiger partial charge on any atom is 0.308 e. The monoisotopic (exact) mass is 288 g/mol. The normalized spacial score (nSPS) is 22.3. The van der Waals surface area contributed by atoms with Crippen LogP contribution in [0.4, 0.5) is 0 Å². The minimum Gasteiger partial charge on any atom is -0.506 e. The van der Waals surface area contributed by atoms with E-state index in [-0.39, 0.29) is 17.6 Å². The summed E-state index contributed by atoms with van der Waals surface area (Å²) in [6, 6.07) is 3.72. The largest absolute Gasteiger partial charge is 0.506 e. The highest BCUT2D eigenvalue weighted by Gasteiger charge is 2.27. The van der Waals surface area contributed by atoms with Crippen molar-refractivity contribution in [3.8, 4) is 5.75 Å². The van der Waals surface area contributed by atoms with Crippen molar-refractivity contribution in [3.63, 3.8) is 0 Å². The number of carbonyl (C=O) groups is 1. The van der Waals surface area contributed by atoms with E-state index in [1.54, 1.807) is 6.07 Å². The number of esters is 1. The highest BCUT2D eigenvalue weighted by Crippen LogP contribution is 2.31. The molecule has 0 amide bonds. The van der Waals surface area contributed by atoms with Gasteiger partial charge in [-0.1, -0.05) is 0 Å². The number of aromatic hydroxyl groups is 1. The Morgan fingerprint density at radius 3 is 2.90 bits per heavy atom. The van der Waals surface area contributed by atoms with Gasteiger partial charge >= 0.3 is 5.97 Å². The van der Waals surface area contributed by atoms with E-state index in [2.05, 4.69) is 9.55 Å². The van der Waals surface area contributed by atoms with E-state index in [9.17, 15) is 9.90 Å². The molecule has 1 aliphatic rings. The molecule has 0 unspecified atom stereocenters. The Kier molecular flexibility index (Phi) is 3.82. The second-order valence-electron chi connectivity index (χ2n) is 5.81. The first-order valence-corrected chi connectivity index (χ1v) is 7.39. The zero-order chi connectivity index (χ0) is 14.8. The Hall–Kier alpha value is -2.04. The number of rotatable bonds is 3. The number of carbonyl (C=O) groups excluding carboxylic acids is 1. The highest BCUT2D eigenvalue weighted by atomic mass is 16.5. The van der Waals surface area contributed by atoms with Crippen molar-refractivity contribution in [1.82, 2.24) is 9.55 Å². The number of methoxy groups -OCH3 is 1. The number of ether oxygens (including phenoxy) is 1. The third-order valence-corrected chi connectivity index (χ3v) is 4.44. The van der Waals surface area contributed by atoms with Gasteiger partial charge in [-0.2, -0.15) is 0 Å². The molecule has 21 heavy (non-hydrogen) atoms. The summed E-state index contributed by atoms with van der Waals surface area (Å²) >= 11 is 0. The Morgan fingerprint density at radius 2 is 2.19 bits per heavy atom.